The first-order chi connectivity index (χ1) is 4.33. The zero-order valence-electron chi connectivity index (χ0n) is 5.13. The minimum Gasteiger partial charge on any atom is -0.396 e. The van der Waals surface area contributed by atoms with Gasteiger partial charge in [-0.15, -0.1) is 0 Å². The maximum Gasteiger partial charge on any atom is 0.0465 e. The normalized spacial score (nSPS) is 49.3. The van der Waals surface area contributed by atoms with Gasteiger partial charge in [-0.1, -0.05) is 0 Å². The number of rotatable bonds is 1. The number of nitrogens with zero attached hydrogens (tertiary/aromatic N) is 1. The Morgan fingerprint density at radius 1 is 1.44 bits per heavy atom. The van der Waals surface area contributed by atoms with Gasteiger partial charge in [0.15, 0.2) is 0 Å². The highest BCUT2D eigenvalue weighted by atomic mass is 127. The lowest BCUT2D eigenvalue weighted by atomic mass is 10.3. The highest BCUT2D eigenvalue weighted by molar-refractivity contribution is 14.1. The molecule has 2 rings (SSSR count). The standard InChI is InChI=1S/C6H10INO/c7-8-1-4-5(2-8)6(4)3-9/h4-6,9H,1-3H2/t4-,5+,6?. The zero-order valence-corrected chi connectivity index (χ0v) is 7.28. The summed E-state index contributed by atoms with van der Waals surface area (Å²) in [5.74, 6) is 2.34. The van der Waals surface area contributed by atoms with Crippen LogP contribution in [0.25, 0.3) is 0 Å². The summed E-state index contributed by atoms with van der Waals surface area (Å²) in [7, 11) is 0. The molecule has 2 nitrogen and oxygen atoms in total. The molecule has 1 saturated carbocycles. The molecule has 0 bridgehead atoms. The number of hydrogen-bond acceptors (Lipinski definition) is 2. The van der Waals surface area contributed by atoms with Crippen LogP contribution in [0.1, 0.15) is 0 Å². The SMILES string of the molecule is OCC1[C@H]2CN(I)C[C@@H]12. The van der Waals surface area contributed by atoms with E-state index in [2.05, 4.69) is 26.0 Å². The van der Waals surface area contributed by atoms with Crippen molar-refractivity contribution < 1.29 is 5.11 Å². The zero-order chi connectivity index (χ0) is 6.43. The molecule has 1 aliphatic carbocycles. The first kappa shape index (κ1) is 6.37. The van der Waals surface area contributed by atoms with E-state index in [-0.39, 0.29) is 0 Å². The molecule has 1 aliphatic heterocycles. The number of fused-ring (bicyclic) bond motifs is 1. The second kappa shape index (κ2) is 2.07. The highest BCUT2D eigenvalue weighted by Crippen LogP contribution is 2.51. The summed E-state index contributed by atoms with van der Waals surface area (Å²) in [5, 5.41) is 8.78. The van der Waals surface area contributed by atoms with Crippen molar-refractivity contribution in [2.24, 2.45) is 17.8 Å². The number of halogens is 1. The monoisotopic (exact) mass is 239 g/mol. The van der Waals surface area contributed by atoms with Gasteiger partial charge in [0.25, 0.3) is 0 Å². The number of aliphatic hydroxyl groups is 1. The molecule has 0 aromatic carbocycles. The molecule has 9 heavy (non-hydrogen) atoms. The van der Waals surface area contributed by atoms with Crippen LogP contribution >= 0.6 is 22.9 Å². The van der Waals surface area contributed by atoms with Crippen LogP contribution in [0.15, 0.2) is 0 Å². The summed E-state index contributed by atoms with van der Waals surface area (Å²) >= 11 is 2.36. The Kier molecular flexibility index (Phi) is 1.46. The van der Waals surface area contributed by atoms with Crippen LogP contribution in [0.2, 0.25) is 0 Å². The van der Waals surface area contributed by atoms with Crippen molar-refractivity contribution >= 4 is 22.9 Å². The summed E-state index contributed by atoms with van der Waals surface area (Å²) in [6.07, 6.45) is 0. The van der Waals surface area contributed by atoms with Crippen LogP contribution in [0.3, 0.4) is 0 Å². The molecule has 1 unspecified atom stereocenters. The minimum atomic E-state index is 0.416. The van der Waals surface area contributed by atoms with Gasteiger partial charge in [0.2, 0.25) is 0 Å². The molecule has 0 amide bonds. The summed E-state index contributed by atoms with van der Waals surface area (Å²) in [5.41, 5.74) is 0. The van der Waals surface area contributed by atoms with Gasteiger partial charge in [-0.05, 0) is 17.8 Å². The molecule has 3 atom stereocenters. The second-order valence-corrected chi connectivity index (χ2v) is 4.37. The Balaban J connectivity index is 1.91. The molecule has 1 saturated heterocycles. The van der Waals surface area contributed by atoms with Gasteiger partial charge in [0.1, 0.15) is 0 Å². The fraction of sp³-hybridized carbons (Fsp3) is 1.00. The topological polar surface area (TPSA) is 23.5 Å². The third kappa shape index (κ3) is 0.897. The molecule has 1 N–H and O–H groups in total. The van der Waals surface area contributed by atoms with Gasteiger partial charge in [-0.2, -0.15) is 0 Å². The van der Waals surface area contributed by atoms with Crippen LogP contribution in [0.4, 0.5) is 0 Å². The molecular formula is C6H10INO. The van der Waals surface area contributed by atoms with Crippen LogP contribution in [-0.2, 0) is 0 Å². The first-order valence-corrected chi connectivity index (χ1v) is 4.31. The smallest absolute Gasteiger partial charge is 0.0465 e. The molecule has 0 radical (unpaired) electrons. The first-order valence-electron chi connectivity index (χ1n) is 3.34. The van der Waals surface area contributed by atoms with Gasteiger partial charge in [-0.25, -0.2) is 3.11 Å². The van der Waals surface area contributed by atoms with E-state index < -0.39 is 0 Å². The van der Waals surface area contributed by atoms with E-state index in [1.54, 1.807) is 0 Å². The molecule has 52 valence electrons. The highest BCUT2D eigenvalue weighted by Gasteiger charge is 2.54. The molecule has 1 heterocycles. The van der Waals surface area contributed by atoms with Crippen molar-refractivity contribution in [2.75, 3.05) is 19.7 Å². The lowest BCUT2D eigenvalue weighted by Crippen LogP contribution is -2.13. The molecule has 2 aliphatic rings. The fourth-order valence-electron chi connectivity index (χ4n) is 1.87. The Labute approximate surface area is 68.7 Å². The lowest BCUT2D eigenvalue weighted by Gasteiger charge is -2.08. The number of hydrogen-bond donors (Lipinski definition) is 1. The Morgan fingerprint density at radius 2 is 2.00 bits per heavy atom. The molecule has 0 aromatic heterocycles. The predicted octanol–water partition coefficient (Wildman–Crippen LogP) is 0.506. The van der Waals surface area contributed by atoms with Crippen molar-refractivity contribution in [1.82, 2.24) is 3.11 Å². The predicted molar refractivity (Wildman–Crippen MR) is 43.1 cm³/mol. The van der Waals surface area contributed by atoms with Gasteiger partial charge in [0.05, 0.1) is 0 Å². The molecule has 0 spiro atoms. The fourth-order valence-corrected chi connectivity index (χ4v) is 2.78. The second-order valence-electron chi connectivity index (χ2n) is 3.00. The van der Waals surface area contributed by atoms with E-state index in [0.717, 1.165) is 11.8 Å². The largest absolute Gasteiger partial charge is 0.396 e. The summed E-state index contributed by atoms with van der Waals surface area (Å²) in [4.78, 5) is 0. The summed E-state index contributed by atoms with van der Waals surface area (Å²) in [6, 6.07) is 0. The maximum atomic E-state index is 8.78. The molecule has 3 heteroatoms. The summed E-state index contributed by atoms with van der Waals surface area (Å²) < 4.78 is 2.32. The van der Waals surface area contributed by atoms with E-state index in [1.165, 1.54) is 13.1 Å². The molecule has 0 aromatic rings. The maximum absolute atomic E-state index is 8.78. The Hall–Kier alpha value is 0.650. The minimum absolute atomic E-state index is 0.416. The Bertz CT molecular complexity index is 118. The molecule has 2 fully saturated rings. The van der Waals surface area contributed by atoms with Crippen molar-refractivity contribution in [2.45, 2.75) is 0 Å². The molecular weight excluding hydrogens is 229 g/mol. The average Bonchev–Trinajstić information content (AvgIpc) is 2.30. The third-order valence-electron chi connectivity index (χ3n) is 2.54. The summed E-state index contributed by atoms with van der Waals surface area (Å²) in [6.45, 7) is 2.83. The lowest BCUT2D eigenvalue weighted by molar-refractivity contribution is 0.252. The number of piperidine rings is 1. The van der Waals surface area contributed by atoms with Crippen LogP contribution in [0.5, 0.6) is 0 Å². The third-order valence-corrected chi connectivity index (χ3v) is 3.33. The van der Waals surface area contributed by atoms with Gasteiger partial charge < -0.3 is 5.11 Å². The van der Waals surface area contributed by atoms with Crippen LogP contribution in [-0.4, -0.2) is 27.9 Å². The quantitative estimate of drug-likeness (QED) is 0.532. The van der Waals surface area contributed by atoms with E-state index in [9.17, 15) is 0 Å². The van der Waals surface area contributed by atoms with E-state index in [1.807, 2.05) is 0 Å². The average molecular weight is 239 g/mol. The van der Waals surface area contributed by atoms with Crippen molar-refractivity contribution in [3.05, 3.63) is 0 Å². The van der Waals surface area contributed by atoms with Crippen molar-refractivity contribution in [1.29, 1.82) is 0 Å². The Morgan fingerprint density at radius 3 is 2.44 bits per heavy atom. The van der Waals surface area contributed by atoms with Gasteiger partial charge >= 0.3 is 0 Å². The number of aliphatic hydroxyl groups excluding tert-OH is 1. The van der Waals surface area contributed by atoms with Gasteiger partial charge in [-0.3, -0.25) is 0 Å². The van der Waals surface area contributed by atoms with Crippen molar-refractivity contribution in [3.8, 4) is 0 Å². The van der Waals surface area contributed by atoms with E-state index in [0.29, 0.717) is 12.5 Å². The van der Waals surface area contributed by atoms with Crippen molar-refractivity contribution in [3.63, 3.8) is 0 Å². The van der Waals surface area contributed by atoms with Gasteiger partial charge in [0, 0.05) is 42.6 Å². The van der Waals surface area contributed by atoms with Crippen LogP contribution < -0.4 is 0 Å². The van der Waals surface area contributed by atoms with E-state index >= 15 is 0 Å². The van der Waals surface area contributed by atoms with Crippen LogP contribution in [0, 0.1) is 17.8 Å². The van der Waals surface area contributed by atoms with E-state index in [4.69, 9.17) is 5.11 Å².